The van der Waals surface area contributed by atoms with Gasteiger partial charge in [-0.15, -0.1) is 0 Å². The standard InChI is InChI=1S/C11H8Br2N2O2/c1-17-9-3-2-6(4-7(9)12)10-14-5-8(13)11(16)15-10/h2-5H,1H3,(H,14,15,16). The van der Waals surface area contributed by atoms with E-state index in [-0.39, 0.29) is 5.56 Å². The Bertz CT molecular complexity index is 611. The second-order valence-corrected chi connectivity index (χ2v) is 4.97. The molecular formula is C11H8Br2N2O2. The fraction of sp³-hybridized carbons (Fsp3) is 0.0909. The number of aromatic amines is 1. The van der Waals surface area contributed by atoms with Crippen molar-refractivity contribution in [2.75, 3.05) is 7.11 Å². The van der Waals surface area contributed by atoms with Crippen LogP contribution in [-0.4, -0.2) is 17.1 Å². The van der Waals surface area contributed by atoms with Crippen LogP contribution >= 0.6 is 31.9 Å². The fourth-order valence-corrected chi connectivity index (χ4v) is 2.08. The normalized spacial score (nSPS) is 10.3. The van der Waals surface area contributed by atoms with Crippen LogP contribution in [0.4, 0.5) is 0 Å². The van der Waals surface area contributed by atoms with Gasteiger partial charge in [0.15, 0.2) is 0 Å². The molecule has 1 heterocycles. The molecule has 0 radical (unpaired) electrons. The van der Waals surface area contributed by atoms with Gasteiger partial charge in [-0.25, -0.2) is 4.98 Å². The molecule has 88 valence electrons. The van der Waals surface area contributed by atoms with Gasteiger partial charge in [-0.05, 0) is 50.1 Å². The lowest BCUT2D eigenvalue weighted by atomic mass is 10.2. The van der Waals surface area contributed by atoms with Crippen molar-refractivity contribution in [2.45, 2.75) is 0 Å². The lowest BCUT2D eigenvalue weighted by Crippen LogP contribution is -2.08. The summed E-state index contributed by atoms with van der Waals surface area (Å²) in [6.07, 6.45) is 1.48. The Labute approximate surface area is 114 Å². The third-order valence-corrected chi connectivity index (χ3v) is 3.37. The maximum absolute atomic E-state index is 11.4. The molecule has 2 rings (SSSR count). The number of hydrogen-bond donors (Lipinski definition) is 1. The summed E-state index contributed by atoms with van der Waals surface area (Å²) in [6, 6.07) is 5.47. The van der Waals surface area contributed by atoms with E-state index in [4.69, 9.17) is 4.74 Å². The molecule has 0 atom stereocenters. The quantitative estimate of drug-likeness (QED) is 0.896. The Morgan fingerprint density at radius 2 is 2.06 bits per heavy atom. The molecule has 0 aliphatic rings. The predicted octanol–water partition coefficient (Wildman–Crippen LogP) is 2.97. The molecule has 0 aliphatic heterocycles. The molecule has 4 nitrogen and oxygen atoms in total. The summed E-state index contributed by atoms with van der Waals surface area (Å²) in [5.74, 6) is 1.25. The van der Waals surface area contributed by atoms with E-state index in [0.29, 0.717) is 10.3 Å². The van der Waals surface area contributed by atoms with Crippen LogP contribution in [0, 0.1) is 0 Å². The molecule has 0 fully saturated rings. The van der Waals surface area contributed by atoms with Crippen LogP contribution in [0.3, 0.4) is 0 Å². The highest BCUT2D eigenvalue weighted by Gasteiger charge is 2.06. The van der Waals surface area contributed by atoms with Gasteiger partial charge in [-0.3, -0.25) is 4.79 Å². The largest absolute Gasteiger partial charge is 0.496 e. The molecule has 2 aromatic rings. The molecule has 17 heavy (non-hydrogen) atoms. The molecule has 0 unspecified atom stereocenters. The van der Waals surface area contributed by atoms with E-state index in [1.54, 1.807) is 7.11 Å². The molecule has 0 spiro atoms. The summed E-state index contributed by atoms with van der Waals surface area (Å²) < 4.78 is 6.35. The van der Waals surface area contributed by atoms with E-state index in [1.165, 1.54) is 6.20 Å². The first-order chi connectivity index (χ1) is 8.11. The molecular weight excluding hydrogens is 352 g/mol. The van der Waals surface area contributed by atoms with E-state index < -0.39 is 0 Å². The topological polar surface area (TPSA) is 55.0 Å². The second-order valence-electron chi connectivity index (χ2n) is 3.26. The first kappa shape index (κ1) is 12.3. The summed E-state index contributed by atoms with van der Waals surface area (Å²) >= 11 is 6.49. The van der Waals surface area contributed by atoms with E-state index in [9.17, 15) is 4.79 Å². The molecule has 1 aromatic heterocycles. The van der Waals surface area contributed by atoms with Crippen molar-refractivity contribution in [2.24, 2.45) is 0 Å². The summed E-state index contributed by atoms with van der Waals surface area (Å²) in [5.41, 5.74) is 0.601. The van der Waals surface area contributed by atoms with E-state index >= 15 is 0 Å². The molecule has 0 amide bonds. The van der Waals surface area contributed by atoms with Gasteiger partial charge in [0.05, 0.1) is 11.6 Å². The molecule has 6 heteroatoms. The van der Waals surface area contributed by atoms with Gasteiger partial charge in [-0.2, -0.15) is 0 Å². The Balaban J connectivity index is 2.50. The van der Waals surface area contributed by atoms with Crippen LogP contribution in [-0.2, 0) is 0 Å². The van der Waals surface area contributed by atoms with Crippen molar-refractivity contribution in [3.8, 4) is 17.1 Å². The Hall–Kier alpha value is -1.14. The molecule has 0 saturated heterocycles. The number of nitrogens with one attached hydrogen (secondary N) is 1. The number of rotatable bonds is 2. The lowest BCUT2D eigenvalue weighted by Gasteiger charge is -2.05. The van der Waals surface area contributed by atoms with Crippen molar-refractivity contribution in [3.63, 3.8) is 0 Å². The number of hydrogen-bond acceptors (Lipinski definition) is 3. The third kappa shape index (κ3) is 2.58. The van der Waals surface area contributed by atoms with Crippen LogP contribution in [0.25, 0.3) is 11.4 Å². The van der Waals surface area contributed by atoms with Crippen LogP contribution in [0.5, 0.6) is 5.75 Å². The van der Waals surface area contributed by atoms with Crippen molar-refractivity contribution in [1.29, 1.82) is 0 Å². The number of H-pyrrole nitrogens is 1. The van der Waals surface area contributed by atoms with Gasteiger partial charge >= 0.3 is 0 Å². The van der Waals surface area contributed by atoms with E-state index in [2.05, 4.69) is 41.8 Å². The summed E-state index contributed by atoms with van der Waals surface area (Å²) in [4.78, 5) is 18.3. The monoisotopic (exact) mass is 358 g/mol. The van der Waals surface area contributed by atoms with Gasteiger partial charge in [0.2, 0.25) is 0 Å². The van der Waals surface area contributed by atoms with E-state index in [1.807, 2.05) is 18.2 Å². The first-order valence-electron chi connectivity index (χ1n) is 4.70. The minimum atomic E-state index is -0.207. The van der Waals surface area contributed by atoms with Crippen molar-refractivity contribution >= 4 is 31.9 Å². The highest BCUT2D eigenvalue weighted by atomic mass is 79.9. The number of ether oxygens (including phenoxy) is 1. The minimum Gasteiger partial charge on any atom is -0.496 e. The van der Waals surface area contributed by atoms with Crippen LogP contribution in [0.1, 0.15) is 0 Å². The smallest absolute Gasteiger partial charge is 0.265 e. The maximum atomic E-state index is 11.4. The zero-order valence-corrected chi connectivity index (χ0v) is 12.0. The Morgan fingerprint density at radius 3 is 2.65 bits per heavy atom. The van der Waals surface area contributed by atoms with Crippen LogP contribution in [0.15, 0.2) is 38.1 Å². The lowest BCUT2D eigenvalue weighted by molar-refractivity contribution is 0.412. The van der Waals surface area contributed by atoms with Gasteiger partial charge < -0.3 is 9.72 Å². The van der Waals surface area contributed by atoms with Gasteiger partial charge in [-0.1, -0.05) is 0 Å². The third-order valence-electron chi connectivity index (χ3n) is 2.18. The van der Waals surface area contributed by atoms with E-state index in [0.717, 1.165) is 15.8 Å². The molecule has 1 N–H and O–H groups in total. The highest BCUT2D eigenvalue weighted by Crippen LogP contribution is 2.28. The highest BCUT2D eigenvalue weighted by molar-refractivity contribution is 9.10. The number of aromatic nitrogens is 2. The minimum absolute atomic E-state index is 0.207. The summed E-state index contributed by atoms with van der Waals surface area (Å²) in [7, 11) is 1.60. The molecule has 0 saturated carbocycles. The Morgan fingerprint density at radius 1 is 1.29 bits per heavy atom. The van der Waals surface area contributed by atoms with Crippen molar-refractivity contribution < 1.29 is 4.74 Å². The maximum Gasteiger partial charge on any atom is 0.265 e. The fourth-order valence-electron chi connectivity index (χ4n) is 1.34. The van der Waals surface area contributed by atoms with Gasteiger partial charge in [0.1, 0.15) is 16.0 Å². The molecule has 1 aromatic carbocycles. The average molecular weight is 360 g/mol. The number of benzene rings is 1. The second kappa shape index (κ2) is 5.01. The number of methoxy groups -OCH3 is 1. The van der Waals surface area contributed by atoms with Crippen LogP contribution in [0.2, 0.25) is 0 Å². The zero-order chi connectivity index (χ0) is 12.4. The predicted molar refractivity (Wildman–Crippen MR) is 72.2 cm³/mol. The number of nitrogens with zero attached hydrogens (tertiary/aromatic N) is 1. The summed E-state index contributed by atoms with van der Waals surface area (Å²) in [5, 5.41) is 0. The van der Waals surface area contributed by atoms with Crippen molar-refractivity contribution in [1.82, 2.24) is 9.97 Å². The zero-order valence-electron chi connectivity index (χ0n) is 8.83. The van der Waals surface area contributed by atoms with Crippen LogP contribution < -0.4 is 10.3 Å². The molecule has 0 bridgehead atoms. The molecule has 0 aliphatic carbocycles. The van der Waals surface area contributed by atoms with Gasteiger partial charge in [0, 0.05) is 11.8 Å². The first-order valence-corrected chi connectivity index (χ1v) is 6.29. The van der Waals surface area contributed by atoms with Gasteiger partial charge in [0.25, 0.3) is 5.56 Å². The van der Waals surface area contributed by atoms with Crippen molar-refractivity contribution in [3.05, 3.63) is 43.7 Å². The summed E-state index contributed by atoms with van der Waals surface area (Å²) in [6.45, 7) is 0. The Kier molecular flexibility index (Phi) is 3.63. The number of halogens is 2. The average Bonchev–Trinajstić information content (AvgIpc) is 2.32. The SMILES string of the molecule is COc1ccc(-c2ncc(Br)c(=O)[nH]2)cc1Br.